The van der Waals surface area contributed by atoms with Gasteiger partial charge in [-0.3, -0.25) is 10.2 Å². The summed E-state index contributed by atoms with van der Waals surface area (Å²) in [7, 11) is 0. The highest BCUT2D eigenvalue weighted by atomic mass is 19.4. The van der Waals surface area contributed by atoms with E-state index >= 15 is 0 Å². The summed E-state index contributed by atoms with van der Waals surface area (Å²) in [6, 6.07) is 4.68. The van der Waals surface area contributed by atoms with Crippen molar-refractivity contribution in [2.45, 2.75) is 6.18 Å². The Hall–Kier alpha value is -1.56. The summed E-state index contributed by atoms with van der Waals surface area (Å²) in [4.78, 5) is 10.8. The third-order valence-corrected chi connectivity index (χ3v) is 1.52. The zero-order chi connectivity index (χ0) is 10.8. The van der Waals surface area contributed by atoms with Crippen molar-refractivity contribution in [1.82, 2.24) is 5.43 Å². The molecule has 75 valence electrons. The molecule has 0 atom stereocenters. The van der Waals surface area contributed by atoms with E-state index in [1.165, 1.54) is 0 Å². The van der Waals surface area contributed by atoms with E-state index in [4.69, 9.17) is 5.84 Å². The molecule has 0 heterocycles. The smallest absolute Gasteiger partial charge is 0.290 e. The van der Waals surface area contributed by atoms with Gasteiger partial charge in [-0.1, -0.05) is 0 Å². The van der Waals surface area contributed by atoms with Crippen LogP contribution < -0.4 is 11.3 Å². The maximum Gasteiger partial charge on any atom is 0.416 e. The highest BCUT2D eigenvalue weighted by molar-refractivity contribution is 5.93. The van der Waals surface area contributed by atoms with Crippen LogP contribution in [0.25, 0.3) is 0 Å². The maximum absolute atomic E-state index is 12.1. The van der Waals surface area contributed by atoms with Gasteiger partial charge in [-0.15, -0.1) is 0 Å². The predicted octanol–water partition coefficient (Wildman–Crippen LogP) is 1.11. The molecule has 0 aromatic heterocycles. The van der Waals surface area contributed by atoms with Gasteiger partial charge in [-0.05, 0) is 24.3 Å². The van der Waals surface area contributed by atoms with Crippen molar-refractivity contribution >= 4 is 5.91 Å². The summed E-state index contributed by atoms with van der Waals surface area (Å²) in [5.41, 5.74) is 0.891. The molecule has 0 aliphatic heterocycles. The van der Waals surface area contributed by atoms with E-state index in [2.05, 4.69) is 6.07 Å². The van der Waals surface area contributed by atoms with E-state index in [1.807, 2.05) is 0 Å². The quantitative estimate of drug-likeness (QED) is 0.408. The van der Waals surface area contributed by atoms with Crippen LogP contribution in [0.3, 0.4) is 0 Å². The van der Waals surface area contributed by atoms with E-state index in [0.717, 1.165) is 12.1 Å². The Morgan fingerprint density at radius 2 is 2.07 bits per heavy atom. The van der Waals surface area contributed by atoms with E-state index in [-0.39, 0.29) is 5.56 Å². The lowest BCUT2D eigenvalue weighted by Crippen LogP contribution is -2.30. The summed E-state index contributed by atoms with van der Waals surface area (Å²) in [6.07, 6.45) is -4.42. The number of carbonyl (C=O) groups excluding carboxylic acids is 1. The first-order valence-corrected chi connectivity index (χ1v) is 3.55. The normalized spacial score (nSPS) is 11.1. The fraction of sp³-hybridized carbons (Fsp3) is 0.125. The average molecular weight is 203 g/mol. The van der Waals surface area contributed by atoms with Crippen LogP contribution >= 0.6 is 0 Å². The maximum atomic E-state index is 12.1. The second-order valence-electron chi connectivity index (χ2n) is 2.46. The molecule has 1 radical (unpaired) electrons. The summed E-state index contributed by atoms with van der Waals surface area (Å²) in [5.74, 6) is 4.10. The molecule has 1 aromatic carbocycles. The number of nitrogen functional groups attached to an aromatic ring is 1. The van der Waals surface area contributed by atoms with Crippen LogP contribution in [0.4, 0.5) is 13.2 Å². The van der Waals surface area contributed by atoms with E-state index in [0.29, 0.717) is 6.07 Å². The van der Waals surface area contributed by atoms with Gasteiger partial charge >= 0.3 is 6.18 Å². The van der Waals surface area contributed by atoms with Gasteiger partial charge in [-0.2, -0.15) is 13.2 Å². The Morgan fingerprint density at radius 3 is 2.43 bits per heavy atom. The second-order valence-corrected chi connectivity index (χ2v) is 2.46. The van der Waals surface area contributed by atoms with Crippen LogP contribution in [-0.2, 0) is 6.18 Å². The lowest BCUT2D eigenvalue weighted by atomic mass is 10.1. The Balaban J connectivity index is 2.95. The number of hydrogen-bond donors (Lipinski definition) is 2. The molecule has 1 aromatic rings. The molecule has 0 aliphatic rings. The van der Waals surface area contributed by atoms with Crippen LogP contribution in [0.5, 0.6) is 0 Å². The Labute approximate surface area is 77.7 Å². The molecule has 0 unspecified atom stereocenters. The molecule has 0 saturated carbocycles. The molecule has 3 nitrogen and oxygen atoms in total. The van der Waals surface area contributed by atoms with Gasteiger partial charge < -0.3 is 0 Å². The highest BCUT2D eigenvalue weighted by Crippen LogP contribution is 2.28. The summed E-state index contributed by atoms with van der Waals surface area (Å²) >= 11 is 0. The first-order valence-electron chi connectivity index (χ1n) is 3.55. The zero-order valence-corrected chi connectivity index (χ0v) is 6.85. The number of hydrazine groups is 1. The minimum absolute atomic E-state index is 0.0412. The van der Waals surface area contributed by atoms with E-state index in [1.54, 1.807) is 5.43 Å². The van der Waals surface area contributed by atoms with Crippen molar-refractivity contribution in [2.24, 2.45) is 5.84 Å². The van der Waals surface area contributed by atoms with Crippen molar-refractivity contribution in [1.29, 1.82) is 0 Å². The first-order chi connectivity index (χ1) is 6.45. The Kier molecular flexibility index (Phi) is 2.76. The van der Waals surface area contributed by atoms with Crippen molar-refractivity contribution < 1.29 is 18.0 Å². The van der Waals surface area contributed by atoms with Crippen molar-refractivity contribution in [3.8, 4) is 0 Å². The van der Waals surface area contributed by atoms with Gasteiger partial charge in [0.2, 0.25) is 0 Å². The van der Waals surface area contributed by atoms with Crippen LogP contribution in [0, 0.1) is 6.07 Å². The molecule has 0 saturated heterocycles. The topological polar surface area (TPSA) is 55.1 Å². The van der Waals surface area contributed by atoms with Crippen LogP contribution in [-0.4, -0.2) is 5.91 Å². The minimum Gasteiger partial charge on any atom is -0.290 e. The second kappa shape index (κ2) is 3.67. The van der Waals surface area contributed by atoms with Crippen molar-refractivity contribution in [3.05, 3.63) is 35.4 Å². The third-order valence-electron chi connectivity index (χ3n) is 1.52. The largest absolute Gasteiger partial charge is 0.416 e. The van der Waals surface area contributed by atoms with Crippen molar-refractivity contribution in [3.63, 3.8) is 0 Å². The first kappa shape index (κ1) is 10.5. The fourth-order valence-corrected chi connectivity index (χ4v) is 0.820. The van der Waals surface area contributed by atoms with Gasteiger partial charge in [0.1, 0.15) is 0 Å². The van der Waals surface area contributed by atoms with Gasteiger partial charge in [0, 0.05) is 5.56 Å². The summed E-state index contributed by atoms with van der Waals surface area (Å²) < 4.78 is 36.2. The van der Waals surface area contributed by atoms with Gasteiger partial charge in [0.15, 0.2) is 0 Å². The number of rotatable bonds is 1. The molecule has 0 bridgehead atoms. The molecular formula is C8H6F3N2O. The zero-order valence-electron chi connectivity index (χ0n) is 6.85. The number of halogens is 3. The van der Waals surface area contributed by atoms with Gasteiger partial charge in [-0.25, -0.2) is 5.84 Å². The molecule has 0 spiro atoms. The molecule has 6 heteroatoms. The lowest BCUT2D eigenvalue weighted by molar-refractivity contribution is -0.137. The SMILES string of the molecule is NNC(=O)c1[c]cc(C(F)(F)F)cc1. The standard InChI is InChI=1S/C8H6F3N2O/c9-8(10,11)6-3-1-5(2-4-6)7(14)13-12/h1,3-4H,12H2,(H,13,14). The number of nitrogens with two attached hydrogens (primary N) is 1. The summed E-state index contributed by atoms with van der Waals surface area (Å²) in [6.45, 7) is 0. The fourth-order valence-electron chi connectivity index (χ4n) is 0.820. The minimum atomic E-state index is -4.42. The van der Waals surface area contributed by atoms with E-state index in [9.17, 15) is 18.0 Å². The molecule has 1 amide bonds. The summed E-state index contributed by atoms with van der Waals surface area (Å²) in [5, 5.41) is 0. The number of hydrogen-bond acceptors (Lipinski definition) is 2. The molecular weight excluding hydrogens is 197 g/mol. The number of carbonyl (C=O) groups is 1. The molecule has 1 rings (SSSR count). The molecule has 0 aliphatic carbocycles. The third kappa shape index (κ3) is 2.23. The Bertz CT molecular complexity index is 331. The van der Waals surface area contributed by atoms with Gasteiger partial charge in [0.25, 0.3) is 5.91 Å². The lowest BCUT2D eigenvalue weighted by Gasteiger charge is -2.06. The number of alkyl halides is 3. The van der Waals surface area contributed by atoms with Crippen LogP contribution in [0.1, 0.15) is 15.9 Å². The Morgan fingerprint density at radius 1 is 1.43 bits per heavy atom. The average Bonchev–Trinajstić information content (AvgIpc) is 2.15. The van der Waals surface area contributed by atoms with Gasteiger partial charge in [0.05, 0.1) is 5.56 Å². The van der Waals surface area contributed by atoms with E-state index < -0.39 is 17.6 Å². The molecule has 3 N–H and O–H groups in total. The number of benzene rings is 1. The van der Waals surface area contributed by atoms with Crippen LogP contribution in [0.15, 0.2) is 18.2 Å². The predicted molar refractivity (Wildman–Crippen MR) is 41.9 cm³/mol. The number of amides is 1. The monoisotopic (exact) mass is 203 g/mol. The van der Waals surface area contributed by atoms with Crippen LogP contribution in [0.2, 0.25) is 0 Å². The van der Waals surface area contributed by atoms with Crippen molar-refractivity contribution in [2.75, 3.05) is 0 Å². The highest BCUT2D eigenvalue weighted by Gasteiger charge is 2.30. The molecule has 0 fully saturated rings. The number of nitrogens with one attached hydrogen (secondary N) is 1. The molecule has 14 heavy (non-hydrogen) atoms.